The second-order valence-electron chi connectivity index (χ2n) is 5.75. The topological polar surface area (TPSA) is 51.1 Å². The quantitative estimate of drug-likeness (QED) is 0.780. The number of aliphatic imine (C=N–C) groups is 1. The van der Waals surface area contributed by atoms with E-state index in [2.05, 4.69) is 9.89 Å². The minimum Gasteiger partial charge on any atom is -0.497 e. The Morgan fingerprint density at radius 3 is 2.52 bits per heavy atom. The first-order chi connectivity index (χ1) is 11.0. The van der Waals surface area contributed by atoms with Gasteiger partial charge in [-0.2, -0.15) is 4.99 Å². The first-order valence-corrected chi connectivity index (χ1v) is 8.44. The lowest BCUT2D eigenvalue weighted by molar-refractivity contribution is -0.113. The molecule has 0 unspecified atom stereocenters. The van der Waals surface area contributed by atoms with E-state index in [4.69, 9.17) is 9.47 Å². The van der Waals surface area contributed by atoms with E-state index in [0.717, 1.165) is 29.6 Å². The molecule has 5 nitrogen and oxygen atoms in total. The zero-order valence-electron chi connectivity index (χ0n) is 13.5. The summed E-state index contributed by atoms with van der Waals surface area (Å²) in [6, 6.07) is 7.61. The average molecular weight is 332 g/mol. The van der Waals surface area contributed by atoms with Gasteiger partial charge in [0.25, 0.3) is 5.91 Å². The summed E-state index contributed by atoms with van der Waals surface area (Å²) in [5.74, 6) is 0.624. The van der Waals surface area contributed by atoms with Crippen molar-refractivity contribution in [3.63, 3.8) is 0 Å². The smallest absolute Gasteiger partial charge is 0.286 e. The van der Waals surface area contributed by atoms with Gasteiger partial charge in [0.05, 0.1) is 24.2 Å². The van der Waals surface area contributed by atoms with Gasteiger partial charge in [-0.3, -0.25) is 4.79 Å². The van der Waals surface area contributed by atoms with Crippen molar-refractivity contribution in [2.75, 3.05) is 20.2 Å². The number of thioether (sulfide) groups is 1. The second-order valence-corrected chi connectivity index (χ2v) is 6.75. The number of ether oxygens (including phenoxy) is 2. The molecule has 0 bridgehead atoms. The van der Waals surface area contributed by atoms with E-state index < -0.39 is 0 Å². The van der Waals surface area contributed by atoms with Crippen LogP contribution in [0.3, 0.4) is 0 Å². The van der Waals surface area contributed by atoms with Crippen LogP contribution in [-0.4, -0.2) is 48.4 Å². The largest absolute Gasteiger partial charge is 0.497 e. The number of rotatable bonds is 2. The first kappa shape index (κ1) is 16.1. The van der Waals surface area contributed by atoms with Crippen LogP contribution in [0.5, 0.6) is 5.75 Å². The molecule has 1 amide bonds. The Morgan fingerprint density at radius 2 is 1.91 bits per heavy atom. The van der Waals surface area contributed by atoms with Gasteiger partial charge in [0, 0.05) is 13.1 Å². The normalized spacial score (nSPS) is 26.6. The Labute approximate surface area is 140 Å². The maximum atomic E-state index is 12.2. The van der Waals surface area contributed by atoms with Gasteiger partial charge >= 0.3 is 0 Å². The lowest BCUT2D eigenvalue weighted by atomic mass is 10.2. The van der Waals surface area contributed by atoms with Gasteiger partial charge in [-0.15, -0.1) is 0 Å². The highest BCUT2D eigenvalue weighted by Crippen LogP contribution is 2.31. The molecule has 122 valence electrons. The fraction of sp³-hybridized carbons (Fsp3) is 0.412. The van der Waals surface area contributed by atoms with E-state index in [0.29, 0.717) is 4.91 Å². The zero-order chi connectivity index (χ0) is 16.4. The van der Waals surface area contributed by atoms with Crippen LogP contribution in [0.15, 0.2) is 34.2 Å². The summed E-state index contributed by atoms with van der Waals surface area (Å²) in [5.41, 5.74) is 0.960. The lowest BCUT2D eigenvalue weighted by Gasteiger charge is -2.35. The molecule has 0 spiro atoms. The summed E-state index contributed by atoms with van der Waals surface area (Å²) in [6.45, 7) is 5.61. The van der Waals surface area contributed by atoms with Crippen LogP contribution in [0.1, 0.15) is 19.4 Å². The van der Waals surface area contributed by atoms with Gasteiger partial charge in [0.1, 0.15) is 5.75 Å². The molecule has 2 aliphatic rings. The number of hydrogen-bond acceptors (Lipinski definition) is 5. The number of amides is 1. The highest BCUT2D eigenvalue weighted by molar-refractivity contribution is 8.18. The maximum absolute atomic E-state index is 12.2. The van der Waals surface area contributed by atoms with Crippen LogP contribution >= 0.6 is 11.8 Å². The molecule has 1 fully saturated rings. The average Bonchev–Trinajstić information content (AvgIpc) is 2.88. The van der Waals surface area contributed by atoms with Crippen molar-refractivity contribution in [1.29, 1.82) is 0 Å². The molecule has 2 heterocycles. The third-order valence-corrected chi connectivity index (χ3v) is 4.76. The third kappa shape index (κ3) is 3.76. The molecular weight excluding hydrogens is 312 g/mol. The predicted octanol–water partition coefficient (Wildman–Crippen LogP) is 2.77. The second kappa shape index (κ2) is 6.76. The van der Waals surface area contributed by atoms with Gasteiger partial charge in [0.2, 0.25) is 0 Å². The molecule has 1 aromatic rings. The molecule has 0 N–H and O–H groups in total. The molecule has 0 aromatic heterocycles. The summed E-state index contributed by atoms with van der Waals surface area (Å²) < 4.78 is 10.9. The van der Waals surface area contributed by atoms with Crippen LogP contribution in [-0.2, 0) is 9.53 Å². The number of hydrogen-bond donors (Lipinski definition) is 0. The number of methoxy groups -OCH3 is 1. The van der Waals surface area contributed by atoms with Gasteiger partial charge in [-0.1, -0.05) is 12.1 Å². The molecule has 2 atom stereocenters. The zero-order valence-corrected chi connectivity index (χ0v) is 14.3. The fourth-order valence-corrected chi connectivity index (χ4v) is 3.65. The maximum Gasteiger partial charge on any atom is 0.286 e. The van der Waals surface area contributed by atoms with Gasteiger partial charge in [-0.25, -0.2) is 0 Å². The van der Waals surface area contributed by atoms with Crippen molar-refractivity contribution in [2.24, 2.45) is 4.99 Å². The minimum atomic E-state index is -0.174. The summed E-state index contributed by atoms with van der Waals surface area (Å²) in [4.78, 5) is 19.2. The van der Waals surface area contributed by atoms with Crippen molar-refractivity contribution >= 4 is 28.9 Å². The molecule has 6 heteroatoms. The molecule has 1 aromatic carbocycles. The molecule has 2 aliphatic heterocycles. The number of nitrogens with zero attached hydrogens (tertiary/aromatic N) is 2. The SMILES string of the molecule is COc1ccc(/C=C2\SC(N3C[C@@H](C)O[C@H](C)C3)=NC2=O)cc1. The van der Waals surface area contributed by atoms with Gasteiger partial charge < -0.3 is 14.4 Å². The number of morpholine rings is 1. The molecule has 23 heavy (non-hydrogen) atoms. The molecule has 0 saturated carbocycles. The van der Waals surface area contributed by atoms with Crippen LogP contribution < -0.4 is 4.74 Å². The van der Waals surface area contributed by atoms with E-state index in [9.17, 15) is 4.79 Å². The summed E-state index contributed by atoms with van der Waals surface area (Å²) in [5, 5.41) is 0.775. The Morgan fingerprint density at radius 1 is 1.26 bits per heavy atom. The molecule has 0 radical (unpaired) electrons. The van der Waals surface area contributed by atoms with Crippen LogP contribution in [0, 0.1) is 0 Å². The van der Waals surface area contributed by atoms with Crippen molar-refractivity contribution in [3.8, 4) is 5.75 Å². The first-order valence-electron chi connectivity index (χ1n) is 7.62. The Balaban J connectivity index is 1.72. The summed E-state index contributed by atoms with van der Waals surface area (Å²) >= 11 is 1.43. The van der Waals surface area contributed by atoms with Crippen molar-refractivity contribution in [3.05, 3.63) is 34.7 Å². The Kier molecular flexibility index (Phi) is 4.73. The van der Waals surface area contributed by atoms with Crippen molar-refractivity contribution < 1.29 is 14.3 Å². The molecule has 1 saturated heterocycles. The minimum absolute atomic E-state index is 0.145. The van der Waals surface area contributed by atoms with E-state index in [-0.39, 0.29) is 18.1 Å². The molecular formula is C17H20N2O3S. The Bertz CT molecular complexity index is 644. The number of carbonyl (C=O) groups excluding carboxylic acids is 1. The Hall–Kier alpha value is -1.79. The molecule has 3 rings (SSSR count). The molecule has 0 aliphatic carbocycles. The van der Waals surface area contributed by atoms with Crippen LogP contribution in [0.25, 0.3) is 6.08 Å². The lowest BCUT2D eigenvalue weighted by Crippen LogP contribution is -2.47. The summed E-state index contributed by atoms with van der Waals surface area (Å²) in [7, 11) is 1.63. The number of amidine groups is 1. The van der Waals surface area contributed by atoms with Gasteiger partial charge in [0.15, 0.2) is 5.17 Å². The fourth-order valence-electron chi connectivity index (χ4n) is 2.72. The van der Waals surface area contributed by atoms with Crippen molar-refractivity contribution in [2.45, 2.75) is 26.1 Å². The third-order valence-electron chi connectivity index (χ3n) is 3.71. The number of benzene rings is 1. The van der Waals surface area contributed by atoms with Gasteiger partial charge in [-0.05, 0) is 49.4 Å². The number of carbonyl (C=O) groups is 1. The van der Waals surface area contributed by atoms with E-state index in [1.165, 1.54) is 11.8 Å². The summed E-state index contributed by atoms with van der Waals surface area (Å²) in [6.07, 6.45) is 2.16. The van der Waals surface area contributed by atoms with Crippen LogP contribution in [0.2, 0.25) is 0 Å². The van der Waals surface area contributed by atoms with E-state index in [1.807, 2.05) is 44.2 Å². The van der Waals surface area contributed by atoms with Crippen LogP contribution in [0.4, 0.5) is 0 Å². The standard InChI is InChI=1S/C17H20N2O3S/c1-11-9-19(10-12(2)22-11)17-18-16(20)15(23-17)8-13-4-6-14(21-3)7-5-13/h4-8,11-12H,9-10H2,1-3H3/b15-8-/t11-,12-/m1/s1. The highest BCUT2D eigenvalue weighted by Gasteiger charge is 2.30. The highest BCUT2D eigenvalue weighted by atomic mass is 32.2. The van der Waals surface area contributed by atoms with E-state index >= 15 is 0 Å². The predicted molar refractivity (Wildman–Crippen MR) is 92.6 cm³/mol. The monoisotopic (exact) mass is 332 g/mol. The van der Waals surface area contributed by atoms with Crippen molar-refractivity contribution in [1.82, 2.24) is 4.90 Å². The van der Waals surface area contributed by atoms with E-state index in [1.54, 1.807) is 7.11 Å².